The lowest BCUT2D eigenvalue weighted by atomic mass is 9.74. The third-order valence-corrected chi connectivity index (χ3v) is 6.91. The Morgan fingerprint density at radius 1 is 1.14 bits per heavy atom. The molecule has 1 aliphatic heterocycles. The number of hydrogen-bond acceptors (Lipinski definition) is 4. The Balaban J connectivity index is 1.38. The van der Waals surface area contributed by atoms with Crippen molar-refractivity contribution in [3.05, 3.63) is 94.3 Å². The lowest BCUT2D eigenvalue weighted by Gasteiger charge is -2.47. The number of carbonyl (C=O) groups excluding carboxylic acids is 1. The van der Waals surface area contributed by atoms with E-state index in [9.17, 15) is 18.0 Å². The number of amides is 1. The van der Waals surface area contributed by atoms with Gasteiger partial charge >= 0.3 is 6.36 Å². The van der Waals surface area contributed by atoms with E-state index in [4.69, 9.17) is 4.74 Å². The molecule has 1 fully saturated rings. The van der Waals surface area contributed by atoms with Gasteiger partial charge in [-0.3, -0.25) is 4.79 Å². The molecule has 182 valence electrons. The van der Waals surface area contributed by atoms with Crippen LogP contribution >= 0.6 is 11.8 Å². The van der Waals surface area contributed by atoms with Crippen LogP contribution in [0.3, 0.4) is 0 Å². The van der Waals surface area contributed by atoms with Gasteiger partial charge in [-0.25, -0.2) is 0 Å². The predicted molar refractivity (Wildman–Crippen MR) is 129 cm³/mol. The number of fused-ring (bicyclic) bond motifs is 1. The second-order valence-electron chi connectivity index (χ2n) is 8.40. The molecule has 0 saturated carbocycles. The lowest BCUT2D eigenvalue weighted by molar-refractivity contribution is -0.303. The van der Waals surface area contributed by atoms with Gasteiger partial charge in [-0.05, 0) is 59.5 Å². The van der Waals surface area contributed by atoms with Crippen molar-refractivity contribution in [3.8, 4) is 0 Å². The fraction of sp³-hybridized carbons (Fsp3) is 0.296. The summed E-state index contributed by atoms with van der Waals surface area (Å²) in [6, 6.07) is 15.3. The van der Waals surface area contributed by atoms with Crippen LogP contribution < -0.4 is 5.32 Å². The van der Waals surface area contributed by atoms with Crippen LogP contribution in [0.4, 0.5) is 18.9 Å². The van der Waals surface area contributed by atoms with Crippen LogP contribution in [0, 0.1) is 0 Å². The minimum atomic E-state index is -4.80. The number of allylic oxidation sites excluding steroid dienone is 1. The first kappa shape index (κ1) is 24.8. The van der Waals surface area contributed by atoms with E-state index >= 15 is 0 Å². The molecule has 4 nitrogen and oxygen atoms in total. The molecule has 0 spiro atoms. The molecule has 2 unspecified atom stereocenters. The molecule has 4 rings (SSSR count). The van der Waals surface area contributed by atoms with Crippen LogP contribution in [-0.4, -0.2) is 23.6 Å². The van der Waals surface area contributed by atoms with E-state index < -0.39 is 17.7 Å². The third kappa shape index (κ3) is 5.68. The van der Waals surface area contributed by atoms with Crippen molar-refractivity contribution < 1.29 is 27.4 Å². The average Bonchev–Trinajstić information content (AvgIpc) is 2.80. The molecule has 1 N–H and O–H groups in total. The van der Waals surface area contributed by atoms with Crippen molar-refractivity contribution in [2.75, 3.05) is 11.1 Å². The molecule has 1 amide bonds. The van der Waals surface area contributed by atoms with Gasteiger partial charge < -0.3 is 14.8 Å². The average molecular weight is 500 g/mol. The summed E-state index contributed by atoms with van der Waals surface area (Å²) in [5, 5.41) is 2.90. The van der Waals surface area contributed by atoms with Gasteiger partial charge in [0.15, 0.2) is 11.5 Å². The van der Waals surface area contributed by atoms with Crippen LogP contribution in [0.2, 0.25) is 0 Å². The maximum absolute atomic E-state index is 12.6. The maximum Gasteiger partial charge on any atom is 0.573 e. The summed E-state index contributed by atoms with van der Waals surface area (Å²) < 4.78 is 47.6. The fourth-order valence-corrected chi connectivity index (χ4v) is 4.69. The van der Waals surface area contributed by atoms with E-state index in [2.05, 4.69) is 28.4 Å². The number of hydrogen-bond donors (Lipinski definition) is 1. The fourth-order valence-electron chi connectivity index (χ4n) is 4.02. The molecular weight excluding hydrogens is 475 g/mol. The zero-order chi connectivity index (χ0) is 25.2. The molecule has 2 atom stereocenters. The number of carbonyl (C=O) groups is 1. The number of benzene rings is 2. The van der Waals surface area contributed by atoms with E-state index in [1.165, 1.54) is 11.0 Å². The van der Waals surface area contributed by atoms with Crippen molar-refractivity contribution in [2.24, 2.45) is 0 Å². The minimum absolute atomic E-state index is 0.117. The van der Waals surface area contributed by atoms with E-state index in [1.54, 1.807) is 23.9 Å². The van der Waals surface area contributed by atoms with Crippen LogP contribution in [0.5, 0.6) is 0 Å². The van der Waals surface area contributed by atoms with Crippen molar-refractivity contribution in [2.45, 2.75) is 50.0 Å². The molecule has 0 aromatic heterocycles. The zero-order valence-electron chi connectivity index (χ0n) is 19.5. The molecule has 35 heavy (non-hydrogen) atoms. The molecule has 1 aliphatic carbocycles. The van der Waals surface area contributed by atoms with Gasteiger partial charge in [0.25, 0.3) is 0 Å². The third-order valence-electron chi connectivity index (χ3n) is 6.01. The first-order valence-corrected chi connectivity index (χ1v) is 12.1. The topological polar surface area (TPSA) is 47.6 Å². The summed E-state index contributed by atoms with van der Waals surface area (Å²) in [6.07, 6.45) is -3.24. The Kier molecular flexibility index (Phi) is 6.91. The predicted octanol–water partition coefficient (Wildman–Crippen LogP) is 6.87. The first-order valence-electron chi connectivity index (χ1n) is 11.1. The summed E-state index contributed by atoms with van der Waals surface area (Å²) in [7, 11) is 0. The highest BCUT2D eigenvalue weighted by Crippen LogP contribution is 2.51. The summed E-state index contributed by atoms with van der Waals surface area (Å²) >= 11 is 1.75. The van der Waals surface area contributed by atoms with Gasteiger partial charge in [0.1, 0.15) is 5.60 Å². The molecule has 1 saturated heterocycles. The summed E-state index contributed by atoms with van der Waals surface area (Å²) in [5.41, 5.74) is 7.12. The summed E-state index contributed by atoms with van der Waals surface area (Å²) in [4.78, 5) is 13.6. The highest BCUT2D eigenvalue weighted by atomic mass is 32.2. The Bertz CT molecular complexity index is 1250. The van der Waals surface area contributed by atoms with E-state index in [0.717, 1.165) is 16.9 Å². The highest BCUT2D eigenvalue weighted by molar-refractivity contribution is 7.99. The standard InChI is InChI=1S/C27H24F3NO3S/c1-4-35-22-12-5-18(6-13-22)15-25(32)31-20-9-7-19(8-10-20)17(2)26(3)23-16-21(33-27(28,29)30)11-14-24(23)34-26/h5-10,12-13,16-17H,4,15H2,1-3H3,(H,31,32). The van der Waals surface area contributed by atoms with Crippen LogP contribution in [0.25, 0.3) is 0 Å². The van der Waals surface area contributed by atoms with E-state index in [-0.39, 0.29) is 18.2 Å². The van der Waals surface area contributed by atoms with Crippen molar-refractivity contribution in [1.29, 1.82) is 0 Å². The van der Waals surface area contributed by atoms with Gasteiger partial charge in [0.05, 0.1) is 12.0 Å². The van der Waals surface area contributed by atoms with Gasteiger partial charge in [0, 0.05) is 22.6 Å². The van der Waals surface area contributed by atoms with Crippen molar-refractivity contribution >= 4 is 23.4 Å². The number of alkyl halides is 3. The highest BCUT2D eigenvalue weighted by Gasteiger charge is 2.50. The number of ether oxygens (including phenoxy) is 2. The Labute approximate surface area is 206 Å². The molecule has 1 heterocycles. The van der Waals surface area contributed by atoms with Crippen LogP contribution in [0.1, 0.15) is 37.8 Å². The number of halogens is 3. The number of nitrogens with one attached hydrogen (secondary N) is 1. The molecule has 2 aliphatic rings. The monoisotopic (exact) mass is 499 g/mol. The second kappa shape index (κ2) is 9.74. The Hall–Kier alpha value is -3.31. The SMILES string of the molecule is CCSc1ccc(CC(=O)Nc2ccc(C(C)C3(C)OC4=C=C=C(OC(F)(F)F)C=C43)cc2)cc1. The first-order chi connectivity index (χ1) is 16.6. The molecule has 2 aromatic carbocycles. The maximum atomic E-state index is 12.6. The zero-order valence-corrected chi connectivity index (χ0v) is 20.3. The van der Waals surface area contributed by atoms with Gasteiger partial charge in [0.2, 0.25) is 5.91 Å². The smallest absolute Gasteiger partial charge is 0.473 e. The quantitative estimate of drug-likeness (QED) is 0.318. The molecular formula is C27H24F3NO3S. The van der Waals surface area contributed by atoms with E-state index in [0.29, 0.717) is 17.0 Å². The number of thioether (sulfide) groups is 1. The van der Waals surface area contributed by atoms with Gasteiger partial charge in [-0.2, -0.15) is 0 Å². The molecule has 2 aromatic rings. The number of anilines is 1. The van der Waals surface area contributed by atoms with E-state index in [1.807, 2.05) is 50.2 Å². The minimum Gasteiger partial charge on any atom is -0.473 e. The van der Waals surface area contributed by atoms with Crippen molar-refractivity contribution in [3.63, 3.8) is 0 Å². The lowest BCUT2D eigenvalue weighted by Crippen LogP contribution is -2.46. The Morgan fingerprint density at radius 3 is 2.46 bits per heavy atom. The number of rotatable bonds is 8. The molecule has 0 radical (unpaired) electrons. The van der Waals surface area contributed by atoms with Crippen LogP contribution in [0.15, 0.2) is 88.1 Å². The van der Waals surface area contributed by atoms with Crippen LogP contribution in [-0.2, 0) is 20.7 Å². The normalized spacial score (nSPS) is 19.3. The Morgan fingerprint density at radius 2 is 1.83 bits per heavy atom. The van der Waals surface area contributed by atoms with Gasteiger partial charge in [-0.15, -0.1) is 24.9 Å². The largest absolute Gasteiger partial charge is 0.573 e. The second-order valence-corrected chi connectivity index (χ2v) is 9.74. The summed E-state index contributed by atoms with van der Waals surface area (Å²) in [6.45, 7) is 5.83. The molecule has 8 heteroatoms. The molecule has 0 bridgehead atoms. The summed E-state index contributed by atoms with van der Waals surface area (Å²) in [5.74, 6) is 0.605. The van der Waals surface area contributed by atoms with Gasteiger partial charge in [-0.1, -0.05) is 38.1 Å². The van der Waals surface area contributed by atoms with Crippen molar-refractivity contribution in [1.82, 2.24) is 0 Å².